The van der Waals surface area contributed by atoms with Crippen LogP contribution in [0.25, 0.3) is 0 Å². The first-order chi connectivity index (χ1) is 8.08. The van der Waals surface area contributed by atoms with E-state index in [4.69, 9.17) is 0 Å². The number of rotatable bonds is 2. The maximum Gasteiger partial charge on any atom is 0.430 e. The Balaban J connectivity index is 3.63. The third kappa shape index (κ3) is 2.07. The third-order valence-corrected chi connectivity index (χ3v) is 2.63. The molecule has 0 bridgehead atoms. The lowest BCUT2D eigenvalue weighted by atomic mass is 9.88. The highest BCUT2D eigenvalue weighted by Gasteiger charge is 2.73. The standard InChI is InChI=1S/C11H10F6O/c1-7-5-3-4-6-8(7)9(18-2,10(12,13)14)11(15,16)17/h3-6H,1-2H3. The van der Waals surface area contributed by atoms with Gasteiger partial charge in [0.2, 0.25) is 0 Å². The van der Waals surface area contributed by atoms with Crippen molar-refractivity contribution < 1.29 is 31.1 Å². The fourth-order valence-corrected chi connectivity index (χ4v) is 1.78. The van der Waals surface area contributed by atoms with Crippen LogP contribution >= 0.6 is 0 Å². The number of halogens is 6. The van der Waals surface area contributed by atoms with E-state index in [1.165, 1.54) is 19.1 Å². The lowest BCUT2D eigenvalue weighted by molar-refractivity contribution is -0.383. The Bertz CT molecular complexity index is 406. The second-order valence-corrected chi connectivity index (χ2v) is 3.70. The lowest BCUT2D eigenvalue weighted by Crippen LogP contribution is -2.55. The minimum absolute atomic E-state index is 0.144. The summed E-state index contributed by atoms with van der Waals surface area (Å²) in [5.74, 6) is 0. The zero-order valence-corrected chi connectivity index (χ0v) is 9.49. The van der Waals surface area contributed by atoms with Crippen LogP contribution < -0.4 is 0 Å². The van der Waals surface area contributed by atoms with Crippen LogP contribution in [0.4, 0.5) is 26.3 Å². The summed E-state index contributed by atoms with van der Waals surface area (Å²) >= 11 is 0. The molecule has 0 aliphatic rings. The number of alkyl halides is 6. The minimum atomic E-state index is -5.61. The summed E-state index contributed by atoms with van der Waals surface area (Å²) in [6.07, 6.45) is -11.2. The van der Waals surface area contributed by atoms with Crippen LogP contribution in [-0.4, -0.2) is 19.5 Å². The summed E-state index contributed by atoms with van der Waals surface area (Å²) in [5.41, 5.74) is -5.40. The Morgan fingerprint density at radius 3 is 1.67 bits per heavy atom. The number of methoxy groups -OCH3 is 1. The van der Waals surface area contributed by atoms with Gasteiger partial charge in [0, 0.05) is 12.7 Å². The summed E-state index contributed by atoms with van der Waals surface area (Å²) in [6, 6.07) is 4.39. The Labute approximate surface area is 99.4 Å². The molecular formula is C11H10F6O. The topological polar surface area (TPSA) is 9.23 Å². The van der Waals surface area contributed by atoms with Gasteiger partial charge in [-0.3, -0.25) is 0 Å². The van der Waals surface area contributed by atoms with E-state index in [9.17, 15) is 26.3 Å². The van der Waals surface area contributed by atoms with E-state index in [-0.39, 0.29) is 5.56 Å². The Hall–Kier alpha value is -1.24. The van der Waals surface area contributed by atoms with E-state index in [0.29, 0.717) is 7.11 Å². The van der Waals surface area contributed by atoms with Crippen molar-refractivity contribution in [2.75, 3.05) is 7.11 Å². The summed E-state index contributed by atoms with van der Waals surface area (Å²) < 4.78 is 81.2. The molecule has 0 spiro atoms. The van der Waals surface area contributed by atoms with E-state index in [1.807, 2.05) is 0 Å². The van der Waals surface area contributed by atoms with E-state index in [0.717, 1.165) is 12.1 Å². The first-order valence-electron chi connectivity index (χ1n) is 4.82. The number of ether oxygens (including phenoxy) is 1. The molecule has 0 aliphatic heterocycles. The van der Waals surface area contributed by atoms with Crippen LogP contribution in [0.1, 0.15) is 11.1 Å². The van der Waals surface area contributed by atoms with Crippen molar-refractivity contribution in [1.29, 1.82) is 0 Å². The van der Waals surface area contributed by atoms with Crippen molar-refractivity contribution in [3.05, 3.63) is 35.4 Å². The molecule has 0 saturated heterocycles. The molecule has 102 valence electrons. The summed E-state index contributed by atoms with van der Waals surface area (Å²) in [7, 11) is 0.396. The van der Waals surface area contributed by atoms with Gasteiger partial charge in [0.15, 0.2) is 0 Å². The fraction of sp³-hybridized carbons (Fsp3) is 0.455. The average Bonchev–Trinajstić information content (AvgIpc) is 2.18. The lowest BCUT2D eigenvalue weighted by Gasteiger charge is -2.37. The molecule has 0 aliphatic carbocycles. The highest BCUT2D eigenvalue weighted by Crippen LogP contribution is 2.53. The normalized spacial score (nSPS) is 13.8. The fourth-order valence-electron chi connectivity index (χ4n) is 1.78. The molecule has 0 unspecified atom stereocenters. The number of hydrogen-bond acceptors (Lipinski definition) is 1. The van der Waals surface area contributed by atoms with Crippen LogP contribution in [0.2, 0.25) is 0 Å². The Morgan fingerprint density at radius 1 is 0.889 bits per heavy atom. The summed E-state index contributed by atoms with van der Waals surface area (Å²) in [5, 5.41) is 0. The van der Waals surface area contributed by atoms with Gasteiger partial charge in [0.25, 0.3) is 5.60 Å². The monoisotopic (exact) mass is 272 g/mol. The van der Waals surface area contributed by atoms with Crippen molar-refractivity contribution in [3.63, 3.8) is 0 Å². The van der Waals surface area contributed by atoms with E-state index < -0.39 is 23.5 Å². The van der Waals surface area contributed by atoms with Gasteiger partial charge in [-0.1, -0.05) is 24.3 Å². The molecule has 0 N–H and O–H groups in total. The van der Waals surface area contributed by atoms with Crippen LogP contribution in [0.15, 0.2) is 24.3 Å². The van der Waals surface area contributed by atoms with Gasteiger partial charge >= 0.3 is 12.4 Å². The molecule has 0 atom stereocenters. The number of hydrogen-bond donors (Lipinski definition) is 0. The quantitative estimate of drug-likeness (QED) is 0.740. The van der Waals surface area contributed by atoms with Gasteiger partial charge < -0.3 is 4.74 Å². The van der Waals surface area contributed by atoms with E-state index in [2.05, 4.69) is 4.74 Å². The largest absolute Gasteiger partial charge is 0.430 e. The molecule has 0 radical (unpaired) electrons. The van der Waals surface area contributed by atoms with Crippen molar-refractivity contribution in [2.24, 2.45) is 0 Å². The Morgan fingerprint density at radius 2 is 1.33 bits per heavy atom. The molecule has 7 heteroatoms. The zero-order valence-electron chi connectivity index (χ0n) is 9.49. The molecule has 1 aromatic rings. The van der Waals surface area contributed by atoms with Crippen molar-refractivity contribution in [1.82, 2.24) is 0 Å². The predicted octanol–water partition coefficient (Wildman–Crippen LogP) is 3.96. The van der Waals surface area contributed by atoms with Crippen LogP contribution in [0, 0.1) is 6.92 Å². The van der Waals surface area contributed by atoms with Crippen LogP contribution in [0.5, 0.6) is 0 Å². The number of aryl methyl sites for hydroxylation is 1. The second kappa shape index (κ2) is 4.46. The van der Waals surface area contributed by atoms with Gasteiger partial charge in [-0.25, -0.2) is 0 Å². The smallest absolute Gasteiger partial charge is 0.357 e. The van der Waals surface area contributed by atoms with Crippen molar-refractivity contribution in [2.45, 2.75) is 24.9 Å². The van der Waals surface area contributed by atoms with Gasteiger partial charge in [-0.2, -0.15) is 26.3 Å². The first-order valence-corrected chi connectivity index (χ1v) is 4.82. The molecular weight excluding hydrogens is 262 g/mol. The molecule has 0 aromatic heterocycles. The maximum atomic E-state index is 12.9. The van der Waals surface area contributed by atoms with E-state index in [1.54, 1.807) is 0 Å². The maximum absolute atomic E-state index is 12.9. The average molecular weight is 272 g/mol. The highest BCUT2D eigenvalue weighted by atomic mass is 19.4. The van der Waals surface area contributed by atoms with Gasteiger partial charge in [0.05, 0.1) is 0 Å². The van der Waals surface area contributed by atoms with Gasteiger partial charge in [-0.15, -0.1) is 0 Å². The predicted molar refractivity (Wildman–Crippen MR) is 52.0 cm³/mol. The summed E-state index contributed by atoms with van der Waals surface area (Å²) in [4.78, 5) is 0. The Kier molecular flexibility index (Phi) is 3.67. The molecule has 0 fully saturated rings. The van der Waals surface area contributed by atoms with Gasteiger partial charge in [0.1, 0.15) is 0 Å². The second-order valence-electron chi connectivity index (χ2n) is 3.70. The summed E-state index contributed by atoms with van der Waals surface area (Å²) in [6.45, 7) is 1.17. The van der Waals surface area contributed by atoms with Crippen LogP contribution in [0.3, 0.4) is 0 Å². The van der Waals surface area contributed by atoms with E-state index >= 15 is 0 Å². The molecule has 1 nitrogen and oxygen atoms in total. The molecule has 1 rings (SSSR count). The highest BCUT2D eigenvalue weighted by molar-refractivity contribution is 5.34. The molecule has 0 heterocycles. The molecule has 0 amide bonds. The molecule has 0 saturated carbocycles. The number of benzene rings is 1. The third-order valence-electron chi connectivity index (χ3n) is 2.63. The molecule has 1 aromatic carbocycles. The van der Waals surface area contributed by atoms with Crippen molar-refractivity contribution >= 4 is 0 Å². The SMILES string of the molecule is COC(c1ccccc1C)(C(F)(F)F)C(F)(F)F. The van der Waals surface area contributed by atoms with Gasteiger partial charge in [-0.05, 0) is 12.5 Å². The molecule has 18 heavy (non-hydrogen) atoms. The zero-order chi connectivity index (χ0) is 14.2. The minimum Gasteiger partial charge on any atom is -0.357 e. The van der Waals surface area contributed by atoms with Crippen LogP contribution in [-0.2, 0) is 10.3 Å². The van der Waals surface area contributed by atoms with Crippen molar-refractivity contribution in [3.8, 4) is 0 Å². The first kappa shape index (κ1) is 14.8.